The lowest BCUT2D eigenvalue weighted by Crippen LogP contribution is -2.50. The summed E-state index contributed by atoms with van der Waals surface area (Å²) < 4.78 is 17.2. The minimum atomic E-state index is -0.876. The molecule has 0 aromatic heterocycles. The quantitative estimate of drug-likeness (QED) is 0.0326. The van der Waals surface area contributed by atoms with E-state index in [1.165, 1.54) is 77.0 Å². The molecule has 46 heavy (non-hydrogen) atoms. The van der Waals surface area contributed by atoms with E-state index in [2.05, 4.69) is 26.0 Å². The summed E-state index contributed by atoms with van der Waals surface area (Å²) in [5.41, 5.74) is 0. The van der Waals surface area contributed by atoms with Gasteiger partial charge in [-0.3, -0.25) is 9.59 Å². The van der Waals surface area contributed by atoms with Crippen molar-refractivity contribution in [1.82, 2.24) is 0 Å². The van der Waals surface area contributed by atoms with Gasteiger partial charge in [0, 0.05) is 19.3 Å². The Bertz CT molecular complexity index is 778. The Morgan fingerprint density at radius 2 is 1.09 bits per heavy atom. The zero-order valence-electron chi connectivity index (χ0n) is 30.5. The molecule has 0 aromatic carbocycles. The minimum absolute atomic E-state index is 0.0496. The number of rotatable bonds is 33. The van der Waals surface area contributed by atoms with Gasteiger partial charge in [0.05, 0.1) is 34.4 Å². The van der Waals surface area contributed by atoms with E-state index in [1.807, 2.05) is 21.1 Å². The summed E-state index contributed by atoms with van der Waals surface area (Å²) in [5.74, 6) is -1.48. The number of carboxylic acid groups (broad SMARTS) is 1. The fourth-order valence-corrected chi connectivity index (χ4v) is 5.44. The van der Waals surface area contributed by atoms with Crippen LogP contribution < -0.4 is 0 Å². The second-order valence-corrected chi connectivity index (χ2v) is 13.8. The maximum atomic E-state index is 12.6. The minimum Gasteiger partial charge on any atom is -0.477 e. The van der Waals surface area contributed by atoms with E-state index in [4.69, 9.17) is 14.2 Å². The van der Waals surface area contributed by atoms with E-state index in [9.17, 15) is 19.5 Å². The van der Waals surface area contributed by atoms with Crippen molar-refractivity contribution in [2.75, 3.05) is 41.0 Å². The van der Waals surface area contributed by atoms with Crippen molar-refractivity contribution < 1.29 is 38.2 Å². The van der Waals surface area contributed by atoms with E-state index >= 15 is 0 Å². The Hall–Kier alpha value is -1.93. The van der Waals surface area contributed by atoms with E-state index in [-0.39, 0.29) is 36.2 Å². The van der Waals surface area contributed by atoms with Gasteiger partial charge in [-0.15, -0.1) is 0 Å². The molecule has 1 N–H and O–H groups in total. The van der Waals surface area contributed by atoms with Crippen LogP contribution in [0.2, 0.25) is 0 Å². The normalized spacial score (nSPS) is 13.2. The van der Waals surface area contributed by atoms with Crippen LogP contribution in [-0.4, -0.2) is 80.6 Å². The lowest BCUT2D eigenvalue weighted by molar-refractivity contribution is -0.887. The van der Waals surface area contributed by atoms with Crippen LogP contribution in [0, 0.1) is 0 Å². The number of ether oxygens (including phenoxy) is 3. The first-order valence-corrected chi connectivity index (χ1v) is 18.7. The van der Waals surface area contributed by atoms with Crippen molar-refractivity contribution in [2.24, 2.45) is 0 Å². The second kappa shape index (κ2) is 30.4. The lowest BCUT2D eigenvalue weighted by Gasteiger charge is -2.31. The smallest absolute Gasteiger partial charge is 0.362 e. The highest BCUT2D eigenvalue weighted by atomic mass is 16.6. The van der Waals surface area contributed by atoms with E-state index in [0.29, 0.717) is 19.3 Å². The summed E-state index contributed by atoms with van der Waals surface area (Å²) in [7, 11) is 5.51. The number of likely N-dealkylation sites (N-methyl/N-ethyl adjacent to an activating group) is 1. The molecular formula is C38H72NO7+. The number of aliphatic carboxylic acids is 1. The summed E-state index contributed by atoms with van der Waals surface area (Å²) in [6.45, 7) is 4.68. The van der Waals surface area contributed by atoms with Gasteiger partial charge in [-0.2, -0.15) is 0 Å². The van der Waals surface area contributed by atoms with Crippen LogP contribution in [0.15, 0.2) is 12.2 Å². The zero-order valence-corrected chi connectivity index (χ0v) is 30.5. The summed E-state index contributed by atoms with van der Waals surface area (Å²) in [6, 6.07) is -0.610. The van der Waals surface area contributed by atoms with Crippen LogP contribution in [0.25, 0.3) is 0 Å². The molecule has 0 saturated heterocycles. The van der Waals surface area contributed by atoms with Crippen LogP contribution in [-0.2, 0) is 28.6 Å². The highest BCUT2D eigenvalue weighted by Gasteiger charge is 2.31. The van der Waals surface area contributed by atoms with E-state index in [0.717, 1.165) is 51.4 Å². The summed E-state index contributed by atoms with van der Waals surface area (Å²) in [5, 5.41) is 9.56. The number of nitrogens with zero attached hydrogens (tertiary/aromatic N) is 1. The fraction of sp³-hybridized carbons (Fsp3) is 0.868. The number of carbonyl (C=O) groups is 3. The predicted octanol–water partition coefficient (Wildman–Crippen LogP) is 9.19. The Balaban J connectivity index is 4.45. The van der Waals surface area contributed by atoms with Crippen LogP contribution in [0.5, 0.6) is 0 Å². The molecule has 2 unspecified atom stereocenters. The molecule has 0 heterocycles. The molecule has 270 valence electrons. The highest BCUT2D eigenvalue weighted by Crippen LogP contribution is 2.13. The number of carbonyl (C=O) groups excluding carboxylic acids is 2. The van der Waals surface area contributed by atoms with Crippen molar-refractivity contribution >= 4 is 17.9 Å². The molecule has 0 bridgehead atoms. The predicted molar refractivity (Wildman–Crippen MR) is 188 cm³/mol. The molecule has 0 aliphatic rings. The van der Waals surface area contributed by atoms with Crippen LogP contribution in [0.4, 0.5) is 0 Å². The first-order valence-electron chi connectivity index (χ1n) is 18.7. The van der Waals surface area contributed by atoms with Crippen molar-refractivity contribution in [2.45, 2.75) is 174 Å². The van der Waals surface area contributed by atoms with E-state index < -0.39 is 18.1 Å². The molecule has 0 aliphatic carbocycles. The van der Waals surface area contributed by atoms with Gasteiger partial charge in [0.25, 0.3) is 0 Å². The maximum absolute atomic E-state index is 12.6. The second-order valence-electron chi connectivity index (χ2n) is 13.8. The number of allylic oxidation sites excluding steroid dienone is 2. The lowest BCUT2D eigenvalue weighted by atomic mass is 10.1. The number of carboxylic acids is 1. The maximum Gasteiger partial charge on any atom is 0.362 e. The monoisotopic (exact) mass is 655 g/mol. The van der Waals surface area contributed by atoms with Gasteiger partial charge in [-0.25, -0.2) is 4.79 Å². The molecule has 0 aliphatic heterocycles. The van der Waals surface area contributed by atoms with Crippen LogP contribution in [0.1, 0.15) is 162 Å². The van der Waals surface area contributed by atoms with Gasteiger partial charge < -0.3 is 23.8 Å². The molecule has 0 saturated carbocycles. The number of quaternary nitrogens is 1. The average Bonchev–Trinajstić information content (AvgIpc) is 3.00. The third-order valence-corrected chi connectivity index (χ3v) is 8.41. The van der Waals surface area contributed by atoms with Gasteiger partial charge in [0.1, 0.15) is 6.61 Å². The van der Waals surface area contributed by atoms with Gasteiger partial charge in [-0.1, -0.05) is 116 Å². The first-order chi connectivity index (χ1) is 22.1. The Morgan fingerprint density at radius 1 is 0.630 bits per heavy atom. The van der Waals surface area contributed by atoms with Crippen molar-refractivity contribution in [3.63, 3.8) is 0 Å². The van der Waals surface area contributed by atoms with Gasteiger partial charge in [0.2, 0.25) is 0 Å². The molecule has 0 aromatic rings. The van der Waals surface area contributed by atoms with Crippen molar-refractivity contribution in [1.29, 1.82) is 0 Å². The molecule has 8 heteroatoms. The number of hydrogen-bond donors (Lipinski definition) is 1. The molecule has 0 fully saturated rings. The van der Waals surface area contributed by atoms with Gasteiger partial charge in [-0.05, 0) is 38.5 Å². The zero-order chi connectivity index (χ0) is 34.3. The average molecular weight is 655 g/mol. The Labute approximate surface area is 282 Å². The third-order valence-electron chi connectivity index (χ3n) is 8.41. The summed E-state index contributed by atoms with van der Waals surface area (Å²) in [6.07, 6.45) is 28.2. The van der Waals surface area contributed by atoms with Crippen LogP contribution >= 0.6 is 0 Å². The molecular weight excluding hydrogens is 582 g/mol. The Morgan fingerprint density at radius 3 is 1.61 bits per heavy atom. The highest BCUT2D eigenvalue weighted by molar-refractivity contribution is 5.72. The van der Waals surface area contributed by atoms with Crippen LogP contribution in [0.3, 0.4) is 0 Å². The van der Waals surface area contributed by atoms with Crippen molar-refractivity contribution in [3.8, 4) is 0 Å². The summed E-state index contributed by atoms with van der Waals surface area (Å²) in [4.78, 5) is 36.7. The molecule has 0 spiro atoms. The largest absolute Gasteiger partial charge is 0.477 e. The topological polar surface area (TPSA) is 99.1 Å². The van der Waals surface area contributed by atoms with E-state index in [1.54, 1.807) is 0 Å². The first kappa shape index (κ1) is 44.1. The fourth-order valence-electron chi connectivity index (χ4n) is 5.44. The molecule has 0 radical (unpaired) electrons. The number of unbranched alkanes of at least 4 members (excludes halogenated alkanes) is 17. The number of esters is 2. The van der Waals surface area contributed by atoms with Crippen molar-refractivity contribution in [3.05, 3.63) is 12.2 Å². The Kier molecular flexibility index (Phi) is 29.1. The standard InChI is InChI=1S/C38H71NO7/c1-6-8-10-12-14-16-18-19-21-23-25-27-29-37(41)46-34(32-44-31-30-35(38(42)43)39(3,4)5)33-45-36(40)28-26-24-22-20-17-15-13-11-9-7-2/h14,16,34-35H,6-13,15,17-33H2,1-5H3/p+1/b16-14+. The number of hydrogen-bond acceptors (Lipinski definition) is 6. The molecule has 0 rings (SSSR count). The third kappa shape index (κ3) is 28.3. The summed E-state index contributed by atoms with van der Waals surface area (Å²) >= 11 is 0. The molecule has 0 amide bonds. The molecule has 2 atom stereocenters. The van der Waals surface area contributed by atoms with Gasteiger partial charge >= 0.3 is 17.9 Å². The molecule has 8 nitrogen and oxygen atoms in total. The SMILES string of the molecule is CCCCC/C=C/CCCCCCCC(=O)OC(COCCC(C(=O)O)[N+](C)(C)C)COC(=O)CCCCCCCCCCCC. The van der Waals surface area contributed by atoms with Gasteiger partial charge in [0.15, 0.2) is 12.1 Å².